The van der Waals surface area contributed by atoms with Crippen LogP contribution in [0.2, 0.25) is 5.02 Å². The number of thiol groups is 1. The van der Waals surface area contributed by atoms with E-state index < -0.39 is 0 Å². The molecule has 0 unspecified atom stereocenters. The zero-order chi connectivity index (χ0) is 6.85. The van der Waals surface area contributed by atoms with Gasteiger partial charge < -0.3 is 5.73 Å². The molecule has 0 aliphatic rings. The van der Waals surface area contributed by atoms with Gasteiger partial charge in [0, 0.05) is 11.1 Å². The van der Waals surface area contributed by atoms with Crippen molar-refractivity contribution in [1.29, 1.82) is 0 Å². The molecule has 0 amide bonds. The molecule has 0 aliphatic heterocycles. The van der Waals surface area contributed by atoms with E-state index in [-0.39, 0.29) is 0 Å². The smallest absolute Gasteiger partial charge is 0.136 e. The normalized spacial score (nSPS) is 9.56. The van der Waals surface area contributed by atoms with Crippen molar-refractivity contribution >= 4 is 30.0 Å². The molecule has 4 heteroatoms. The Kier molecular flexibility index (Phi) is 1.83. The lowest BCUT2D eigenvalue weighted by Gasteiger charge is -1.95. The third-order valence-electron chi connectivity index (χ3n) is 0.864. The van der Waals surface area contributed by atoms with Gasteiger partial charge in [-0.2, -0.15) is 0 Å². The standard InChI is InChI=1S/C5H5ClN2S/c6-3-1-4(9)5(7)8-2-3/h1-2,9H,(H2,7,8). The molecule has 0 radical (unpaired) electrons. The molecular weight excluding hydrogens is 156 g/mol. The number of nitrogens with zero attached hydrogens (tertiary/aromatic N) is 1. The second kappa shape index (κ2) is 2.45. The number of pyridine rings is 1. The van der Waals surface area contributed by atoms with Crippen LogP contribution in [0.5, 0.6) is 0 Å². The lowest BCUT2D eigenvalue weighted by atomic mass is 10.5. The van der Waals surface area contributed by atoms with Crippen molar-refractivity contribution in [2.24, 2.45) is 0 Å². The zero-order valence-electron chi connectivity index (χ0n) is 4.50. The zero-order valence-corrected chi connectivity index (χ0v) is 6.15. The van der Waals surface area contributed by atoms with E-state index in [0.717, 1.165) is 0 Å². The number of nitrogen functional groups attached to an aromatic ring is 1. The maximum atomic E-state index is 5.55. The Morgan fingerprint density at radius 3 is 2.78 bits per heavy atom. The van der Waals surface area contributed by atoms with Gasteiger partial charge in [-0.1, -0.05) is 11.6 Å². The van der Waals surface area contributed by atoms with E-state index in [0.29, 0.717) is 15.7 Å². The molecule has 2 nitrogen and oxygen atoms in total. The molecule has 0 saturated carbocycles. The van der Waals surface area contributed by atoms with Gasteiger partial charge >= 0.3 is 0 Å². The molecule has 2 N–H and O–H groups in total. The maximum absolute atomic E-state index is 5.55. The quantitative estimate of drug-likeness (QED) is 0.566. The second-order valence-electron chi connectivity index (χ2n) is 1.56. The van der Waals surface area contributed by atoms with Gasteiger partial charge in [-0.05, 0) is 6.07 Å². The molecule has 1 heterocycles. The van der Waals surface area contributed by atoms with Crippen molar-refractivity contribution in [3.63, 3.8) is 0 Å². The van der Waals surface area contributed by atoms with E-state index in [1.54, 1.807) is 6.07 Å². The predicted octanol–water partition coefficient (Wildman–Crippen LogP) is 1.61. The summed E-state index contributed by atoms with van der Waals surface area (Å²) in [7, 11) is 0. The highest BCUT2D eigenvalue weighted by Gasteiger charge is 1.93. The summed E-state index contributed by atoms with van der Waals surface area (Å²) in [5, 5.41) is 0.550. The van der Waals surface area contributed by atoms with Crippen LogP contribution in [0.25, 0.3) is 0 Å². The average molecular weight is 161 g/mol. The average Bonchev–Trinajstić information content (AvgIpc) is 1.80. The van der Waals surface area contributed by atoms with Crippen LogP contribution < -0.4 is 5.73 Å². The Morgan fingerprint density at radius 1 is 1.67 bits per heavy atom. The Morgan fingerprint density at radius 2 is 2.33 bits per heavy atom. The van der Waals surface area contributed by atoms with Gasteiger partial charge in [-0.25, -0.2) is 4.98 Å². The summed E-state index contributed by atoms with van der Waals surface area (Å²) in [4.78, 5) is 4.36. The Hall–Kier alpha value is -0.410. The largest absolute Gasteiger partial charge is 0.383 e. The van der Waals surface area contributed by atoms with Gasteiger partial charge in [-0.3, -0.25) is 0 Å². The number of nitrogens with two attached hydrogens (primary N) is 1. The molecular formula is C5H5ClN2S. The highest BCUT2D eigenvalue weighted by Crippen LogP contribution is 2.17. The SMILES string of the molecule is Nc1ncc(Cl)cc1S. The van der Waals surface area contributed by atoms with Crippen LogP contribution >= 0.6 is 24.2 Å². The molecule has 0 saturated heterocycles. The lowest BCUT2D eigenvalue weighted by Crippen LogP contribution is -1.89. The molecule has 1 aromatic rings. The van der Waals surface area contributed by atoms with E-state index in [9.17, 15) is 0 Å². The fourth-order valence-electron chi connectivity index (χ4n) is 0.439. The lowest BCUT2D eigenvalue weighted by molar-refractivity contribution is 1.26. The second-order valence-corrected chi connectivity index (χ2v) is 2.48. The van der Waals surface area contributed by atoms with E-state index >= 15 is 0 Å². The Bertz CT molecular complexity index is 226. The summed E-state index contributed by atoms with van der Waals surface area (Å²) in [5.41, 5.74) is 5.34. The number of hydrogen-bond donors (Lipinski definition) is 2. The van der Waals surface area contributed by atoms with Crippen LogP contribution in [0.15, 0.2) is 17.2 Å². The van der Waals surface area contributed by atoms with E-state index in [2.05, 4.69) is 17.6 Å². The van der Waals surface area contributed by atoms with Crippen molar-refractivity contribution < 1.29 is 0 Å². The van der Waals surface area contributed by atoms with E-state index in [1.807, 2.05) is 0 Å². The molecule has 1 aromatic heterocycles. The van der Waals surface area contributed by atoms with E-state index in [4.69, 9.17) is 17.3 Å². The van der Waals surface area contributed by atoms with Crippen LogP contribution in [-0.4, -0.2) is 4.98 Å². The van der Waals surface area contributed by atoms with Crippen molar-refractivity contribution in [1.82, 2.24) is 4.98 Å². The van der Waals surface area contributed by atoms with Crippen molar-refractivity contribution in [3.8, 4) is 0 Å². The first-order valence-corrected chi connectivity index (χ1v) is 3.12. The minimum absolute atomic E-state index is 0.405. The summed E-state index contributed by atoms with van der Waals surface area (Å²) in [6.45, 7) is 0. The van der Waals surface area contributed by atoms with Crippen molar-refractivity contribution in [2.45, 2.75) is 4.90 Å². The summed E-state index contributed by atoms with van der Waals surface area (Å²) in [6.07, 6.45) is 1.48. The molecule has 1 rings (SSSR count). The Balaban J connectivity index is 3.17. The first-order valence-electron chi connectivity index (χ1n) is 2.30. The number of aromatic nitrogens is 1. The molecule has 0 bridgehead atoms. The molecule has 0 spiro atoms. The molecule has 0 aliphatic carbocycles. The third kappa shape index (κ3) is 1.50. The highest BCUT2D eigenvalue weighted by molar-refractivity contribution is 7.80. The minimum Gasteiger partial charge on any atom is -0.383 e. The summed E-state index contributed by atoms with van der Waals surface area (Å²) < 4.78 is 0. The summed E-state index contributed by atoms with van der Waals surface area (Å²) >= 11 is 9.55. The maximum Gasteiger partial charge on any atom is 0.136 e. The van der Waals surface area contributed by atoms with Gasteiger partial charge in [0.2, 0.25) is 0 Å². The first kappa shape index (κ1) is 6.71. The van der Waals surface area contributed by atoms with Crippen LogP contribution in [0.4, 0.5) is 5.82 Å². The monoisotopic (exact) mass is 160 g/mol. The number of anilines is 1. The fourth-order valence-corrected chi connectivity index (χ4v) is 0.870. The highest BCUT2D eigenvalue weighted by atomic mass is 35.5. The number of halogens is 1. The van der Waals surface area contributed by atoms with Crippen LogP contribution in [0.1, 0.15) is 0 Å². The van der Waals surface area contributed by atoms with Gasteiger partial charge in [0.25, 0.3) is 0 Å². The van der Waals surface area contributed by atoms with E-state index in [1.165, 1.54) is 6.20 Å². The molecule has 0 aromatic carbocycles. The molecule has 48 valence electrons. The van der Waals surface area contributed by atoms with Crippen molar-refractivity contribution in [3.05, 3.63) is 17.3 Å². The molecule has 9 heavy (non-hydrogen) atoms. The molecule has 0 atom stereocenters. The van der Waals surface area contributed by atoms with Crippen LogP contribution in [-0.2, 0) is 0 Å². The Labute approximate surface area is 63.4 Å². The van der Waals surface area contributed by atoms with Gasteiger partial charge in [-0.15, -0.1) is 12.6 Å². The fraction of sp³-hybridized carbons (Fsp3) is 0. The summed E-state index contributed by atoms with van der Waals surface area (Å²) in [6, 6.07) is 1.65. The predicted molar refractivity (Wildman–Crippen MR) is 40.9 cm³/mol. The van der Waals surface area contributed by atoms with Crippen molar-refractivity contribution in [2.75, 3.05) is 5.73 Å². The minimum atomic E-state index is 0.405. The van der Waals surface area contributed by atoms with Crippen LogP contribution in [0.3, 0.4) is 0 Å². The topological polar surface area (TPSA) is 38.9 Å². The first-order chi connectivity index (χ1) is 4.20. The van der Waals surface area contributed by atoms with Crippen LogP contribution in [0, 0.1) is 0 Å². The van der Waals surface area contributed by atoms with Gasteiger partial charge in [0.05, 0.1) is 5.02 Å². The summed E-state index contributed by atoms with van der Waals surface area (Å²) in [5.74, 6) is 0.405. The third-order valence-corrected chi connectivity index (χ3v) is 1.43. The van der Waals surface area contributed by atoms with Gasteiger partial charge in [0.1, 0.15) is 5.82 Å². The van der Waals surface area contributed by atoms with Gasteiger partial charge in [0.15, 0.2) is 0 Å². The number of hydrogen-bond acceptors (Lipinski definition) is 3. The number of rotatable bonds is 0. The molecule has 0 fully saturated rings.